The number of halogens is 1. The maximum Gasteiger partial charge on any atom is 0.404 e. The van der Waals surface area contributed by atoms with Crippen LogP contribution in [0.3, 0.4) is 0 Å². The van der Waals surface area contributed by atoms with Crippen LogP contribution >= 0.6 is 0 Å². The Kier molecular flexibility index (Phi) is 4.21. The first kappa shape index (κ1) is 12.7. The molecule has 17 heavy (non-hydrogen) atoms. The Morgan fingerprint density at radius 2 is 2.29 bits per heavy atom. The highest BCUT2D eigenvalue weighted by molar-refractivity contribution is 5.64. The zero-order valence-electron chi connectivity index (χ0n) is 8.55. The summed E-state index contributed by atoms with van der Waals surface area (Å²) in [5.74, 6) is -1.03. The van der Waals surface area contributed by atoms with Gasteiger partial charge in [0.15, 0.2) is 11.6 Å². The summed E-state index contributed by atoms with van der Waals surface area (Å²) >= 11 is 0. The van der Waals surface area contributed by atoms with Gasteiger partial charge in [-0.05, 0) is 6.07 Å². The number of carbonyl (C=O) groups is 1. The zero-order chi connectivity index (χ0) is 12.8. The number of hydrogen-bond donors (Lipinski definition) is 2. The molecule has 0 aliphatic rings. The molecule has 0 atom stereocenters. The van der Waals surface area contributed by atoms with Crippen molar-refractivity contribution in [2.45, 2.75) is 0 Å². The standard InChI is InChI=1S/C9H9FN2O5/c10-7-2-1-6(12(15)16)5-8(7)17-4-3-11-9(13)14/h1-2,5,11H,3-4H2,(H,13,14). The Hall–Kier alpha value is -2.38. The number of nitro benzene ring substituents is 1. The molecule has 0 aliphatic carbocycles. The number of non-ortho nitro benzene ring substituents is 1. The van der Waals surface area contributed by atoms with Crippen molar-refractivity contribution in [2.24, 2.45) is 0 Å². The van der Waals surface area contributed by atoms with Gasteiger partial charge in [-0.25, -0.2) is 9.18 Å². The SMILES string of the molecule is O=C(O)NCCOc1cc([N+](=O)[O-])ccc1F. The third-order valence-corrected chi connectivity index (χ3v) is 1.76. The van der Waals surface area contributed by atoms with Gasteiger partial charge in [0.25, 0.3) is 5.69 Å². The van der Waals surface area contributed by atoms with Crippen LogP contribution < -0.4 is 10.1 Å². The van der Waals surface area contributed by atoms with E-state index < -0.39 is 16.8 Å². The molecule has 92 valence electrons. The number of nitrogens with one attached hydrogen (secondary N) is 1. The molecule has 1 amide bonds. The topological polar surface area (TPSA) is 102 Å². The average Bonchev–Trinajstić information content (AvgIpc) is 2.25. The maximum absolute atomic E-state index is 13.1. The lowest BCUT2D eigenvalue weighted by Gasteiger charge is -2.06. The lowest BCUT2D eigenvalue weighted by atomic mass is 10.3. The summed E-state index contributed by atoms with van der Waals surface area (Å²) in [7, 11) is 0. The van der Waals surface area contributed by atoms with E-state index in [0.29, 0.717) is 0 Å². The molecule has 0 unspecified atom stereocenters. The summed E-state index contributed by atoms with van der Waals surface area (Å²) in [6.45, 7) is -0.165. The molecule has 7 nitrogen and oxygen atoms in total. The van der Waals surface area contributed by atoms with Crippen molar-refractivity contribution in [3.05, 3.63) is 34.1 Å². The molecule has 0 saturated carbocycles. The van der Waals surface area contributed by atoms with Crippen molar-refractivity contribution in [2.75, 3.05) is 13.2 Å². The minimum Gasteiger partial charge on any atom is -0.488 e. The molecule has 0 aliphatic heterocycles. The molecule has 0 heterocycles. The van der Waals surface area contributed by atoms with Gasteiger partial charge in [0.1, 0.15) is 6.61 Å². The van der Waals surface area contributed by atoms with Crippen LogP contribution in [0.25, 0.3) is 0 Å². The second-order valence-corrected chi connectivity index (χ2v) is 2.95. The molecule has 1 rings (SSSR count). The van der Waals surface area contributed by atoms with E-state index in [9.17, 15) is 19.3 Å². The van der Waals surface area contributed by atoms with Gasteiger partial charge in [-0.15, -0.1) is 0 Å². The molecule has 0 saturated heterocycles. The fraction of sp³-hybridized carbons (Fsp3) is 0.222. The minimum atomic E-state index is -1.23. The molecule has 8 heteroatoms. The second kappa shape index (κ2) is 5.64. The molecule has 1 aromatic rings. The van der Waals surface area contributed by atoms with E-state index in [1.807, 2.05) is 5.32 Å². The van der Waals surface area contributed by atoms with Crippen molar-refractivity contribution in [1.82, 2.24) is 5.32 Å². The van der Waals surface area contributed by atoms with E-state index in [2.05, 4.69) is 0 Å². The smallest absolute Gasteiger partial charge is 0.404 e. The van der Waals surface area contributed by atoms with E-state index in [0.717, 1.165) is 18.2 Å². The fourth-order valence-corrected chi connectivity index (χ4v) is 1.04. The number of amides is 1. The Balaban J connectivity index is 2.60. The van der Waals surface area contributed by atoms with Gasteiger partial charge in [0, 0.05) is 6.07 Å². The molecule has 0 aromatic heterocycles. The van der Waals surface area contributed by atoms with Gasteiger partial charge in [-0.3, -0.25) is 10.1 Å². The van der Waals surface area contributed by atoms with Crippen LogP contribution in [-0.4, -0.2) is 29.3 Å². The largest absolute Gasteiger partial charge is 0.488 e. The molecule has 0 bridgehead atoms. The van der Waals surface area contributed by atoms with Crippen molar-refractivity contribution in [3.8, 4) is 5.75 Å². The second-order valence-electron chi connectivity index (χ2n) is 2.95. The molecule has 0 fully saturated rings. The van der Waals surface area contributed by atoms with Crippen LogP contribution in [0.1, 0.15) is 0 Å². The van der Waals surface area contributed by atoms with Gasteiger partial charge in [-0.1, -0.05) is 0 Å². The van der Waals surface area contributed by atoms with Gasteiger partial charge < -0.3 is 15.2 Å². The zero-order valence-corrected chi connectivity index (χ0v) is 8.55. The first-order valence-corrected chi connectivity index (χ1v) is 4.54. The van der Waals surface area contributed by atoms with Crippen molar-refractivity contribution in [1.29, 1.82) is 0 Å². The minimum absolute atomic E-state index is 0.0442. The van der Waals surface area contributed by atoms with Crippen molar-refractivity contribution >= 4 is 11.8 Å². The third kappa shape index (κ3) is 3.93. The highest BCUT2D eigenvalue weighted by Gasteiger charge is 2.11. The quantitative estimate of drug-likeness (QED) is 0.462. The van der Waals surface area contributed by atoms with Crippen molar-refractivity contribution < 1.29 is 24.0 Å². The van der Waals surface area contributed by atoms with Gasteiger partial charge in [-0.2, -0.15) is 0 Å². The summed E-state index contributed by atoms with van der Waals surface area (Å²) < 4.78 is 18.0. The molecule has 1 aromatic carbocycles. The number of hydrogen-bond acceptors (Lipinski definition) is 4. The average molecular weight is 244 g/mol. The Labute approximate surface area is 95.0 Å². The Bertz CT molecular complexity index is 437. The molecular formula is C9H9FN2O5. The third-order valence-electron chi connectivity index (χ3n) is 1.76. The number of ether oxygens (including phenoxy) is 1. The predicted octanol–water partition coefficient (Wildman–Crippen LogP) is 1.38. The lowest BCUT2D eigenvalue weighted by Crippen LogP contribution is -2.26. The van der Waals surface area contributed by atoms with Crippen LogP contribution in [-0.2, 0) is 0 Å². The number of rotatable bonds is 5. The number of nitro groups is 1. The summed E-state index contributed by atoms with van der Waals surface area (Å²) in [5, 5.41) is 20.7. The van der Waals surface area contributed by atoms with E-state index >= 15 is 0 Å². The van der Waals surface area contributed by atoms with Crippen LogP contribution in [0.15, 0.2) is 18.2 Å². The summed E-state index contributed by atoms with van der Waals surface area (Å²) in [5.41, 5.74) is -0.299. The fourth-order valence-electron chi connectivity index (χ4n) is 1.04. The first-order valence-electron chi connectivity index (χ1n) is 4.54. The van der Waals surface area contributed by atoms with Crippen LogP contribution in [0.2, 0.25) is 0 Å². The highest BCUT2D eigenvalue weighted by Crippen LogP contribution is 2.23. The summed E-state index contributed by atoms with van der Waals surface area (Å²) in [6.07, 6.45) is -1.23. The predicted molar refractivity (Wildman–Crippen MR) is 54.6 cm³/mol. The lowest BCUT2D eigenvalue weighted by molar-refractivity contribution is -0.385. The van der Waals surface area contributed by atoms with Gasteiger partial charge in [0.2, 0.25) is 0 Å². The maximum atomic E-state index is 13.1. The normalized spacial score (nSPS) is 9.71. The summed E-state index contributed by atoms with van der Waals surface area (Å²) in [6, 6.07) is 2.87. The number of carboxylic acid groups (broad SMARTS) is 1. The van der Waals surface area contributed by atoms with Gasteiger partial charge >= 0.3 is 6.09 Å². The van der Waals surface area contributed by atoms with Crippen LogP contribution in [0, 0.1) is 15.9 Å². The van der Waals surface area contributed by atoms with E-state index in [-0.39, 0.29) is 24.6 Å². The molecule has 0 radical (unpaired) electrons. The number of nitrogens with zero attached hydrogens (tertiary/aromatic N) is 1. The van der Waals surface area contributed by atoms with Crippen LogP contribution in [0.5, 0.6) is 5.75 Å². The highest BCUT2D eigenvalue weighted by atomic mass is 19.1. The number of benzene rings is 1. The molecule has 0 spiro atoms. The van der Waals surface area contributed by atoms with Crippen LogP contribution in [0.4, 0.5) is 14.9 Å². The van der Waals surface area contributed by atoms with Gasteiger partial charge in [0.05, 0.1) is 17.5 Å². The Morgan fingerprint density at radius 3 is 2.88 bits per heavy atom. The van der Waals surface area contributed by atoms with E-state index in [1.54, 1.807) is 0 Å². The molecular weight excluding hydrogens is 235 g/mol. The van der Waals surface area contributed by atoms with E-state index in [1.165, 1.54) is 0 Å². The van der Waals surface area contributed by atoms with E-state index in [4.69, 9.17) is 9.84 Å². The first-order chi connectivity index (χ1) is 8.00. The van der Waals surface area contributed by atoms with Crippen molar-refractivity contribution in [3.63, 3.8) is 0 Å². The monoisotopic (exact) mass is 244 g/mol. The Morgan fingerprint density at radius 1 is 1.59 bits per heavy atom. The molecule has 2 N–H and O–H groups in total. The summed E-state index contributed by atoms with van der Waals surface area (Å²) in [4.78, 5) is 19.8.